The van der Waals surface area contributed by atoms with Crippen molar-refractivity contribution in [3.63, 3.8) is 0 Å². The molecule has 0 spiro atoms. The highest BCUT2D eigenvalue weighted by atomic mass is 32.2. The number of amides is 1. The Morgan fingerprint density at radius 2 is 1.89 bits per heavy atom. The van der Waals surface area contributed by atoms with Crippen molar-refractivity contribution in [1.29, 1.82) is 0 Å². The van der Waals surface area contributed by atoms with E-state index in [9.17, 15) is 17.4 Å². The van der Waals surface area contributed by atoms with Crippen LogP contribution in [-0.4, -0.2) is 36.6 Å². The molecular formula is C11H16N2O4S2. The number of rotatable bonds is 5. The predicted octanol–water partition coefficient (Wildman–Crippen LogP) is -0.169. The predicted molar refractivity (Wildman–Crippen MR) is 73.7 cm³/mol. The highest BCUT2D eigenvalue weighted by Gasteiger charge is 2.12. The Balaban J connectivity index is 2.71. The largest absolute Gasteiger partial charge is 0.351 e. The van der Waals surface area contributed by atoms with Crippen LogP contribution in [0.1, 0.15) is 17.3 Å². The smallest absolute Gasteiger partial charge is 0.251 e. The van der Waals surface area contributed by atoms with Crippen LogP contribution in [-0.2, 0) is 20.8 Å². The van der Waals surface area contributed by atoms with E-state index in [1.807, 2.05) is 0 Å². The molecule has 1 rings (SSSR count). The number of carbonyl (C=O) groups excluding carboxylic acids is 1. The van der Waals surface area contributed by atoms with Gasteiger partial charge in [-0.25, -0.2) is 13.6 Å². The summed E-state index contributed by atoms with van der Waals surface area (Å²) in [6.07, 6.45) is 1.57. The van der Waals surface area contributed by atoms with Gasteiger partial charge in [0, 0.05) is 34.4 Å². The molecule has 1 amide bonds. The molecule has 0 aliphatic rings. The molecule has 0 aliphatic heterocycles. The fourth-order valence-corrected chi connectivity index (χ4v) is 2.09. The zero-order valence-corrected chi connectivity index (χ0v) is 12.3. The zero-order chi connectivity index (χ0) is 14.6. The maximum absolute atomic E-state index is 11.7. The third kappa shape index (κ3) is 4.73. The molecule has 1 aromatic rings. The lowest BCUT2D eigenvalue weighted by Crippen LogP contribution is -2.32. The van der Waals surface area contributed by atoms with Crippen LogP contribution in [0.15, 0.2) is 29.2 Å². The van der Waals surface area contributed by atoms with Crippen LogP contribution in [0.5, 0.6) is 0 Å². The van der Waals surface area contributed by atoms with Crippen molar-refractivity contribution in [2.75, 3.05) is 12.8 Å². The van der Waals surface area contributed by atoms with Gasteiger partial charge in [-0.1, -0.05) is 0 Å². The number of sulfonamides is 1. The van der Waals surface area contributed by atoms with E-state index < -0.39 is 20.8 Å². The quantitative estimate of drug-likeness (QED) is 0.787. The third-order valence-electron chi connectivity index (χ3n) is 2.56. The minimum atomic E-state index is -3.75. The Labute approximate surface area is 114 Å². The molecule has 0 aromatic heterocycles. The van der Waals surface area contributed by atoms with Gasteiger partial charge in [0.15, 0.2) is 0 Å². The second kappa shape index (κ2) is 6.27. The summed E-state index contributed by atoms with van der Waals surface area (Å²) < 4.78 is 33.2. The summed E-state index contributed by atoms with van der Waals surface area (Å²) in [6, 6.07) is 5.29. The van der Waals surface area contributed by atoms with Crippen LogP contribution in [0.2, 0.25) is 0 Å². The Morgan fingerprint density at radius 3 is 2.32 bits per heavy atom. The van der Waals surface area contributed by atoms with Gasteiger partial charge < -0.3 is 5.32 Å². The molecule has 0 bridgehead atoms. The fraction of sp³-hybridized carbons (Fsp3) is 0.364. The lowest BCUT2D eigenvalue weighted by molar-refractivity contribution is 0.0954. The molecule has 0 fully saturated rings. The van der Waals surface area contributed by atoms with Crippen molar-refractivity contribution in [3.8, 4) is 0 Å². The normalized spacial score (nSPS) is 14.7. The van der Waals surface area contributed by atoms with Gasteiger partial charge in [-0.3, -0.25) is 9.00 Å². The van der Waals surface area contributed by atoms with E-state index in [-0.39, 0.29) is 16.1 Å². The molecule has 0 radical (unpaired) electrons. The fourth-order valence-electron chi connectivity index (χ4n) is 1.25. The van der Waals surface area contributed by atoms with Crippen LogP contribution in [0, 0.1) is 0 Å². The van der Waals surface area contributed by atoms with E-state index >= 15 is 0 Å². The summed E-state index contributed by atoms with van der Waals surface area (Å²) in [5.41, 5.74) is 0.321. The van der Waals surface area contributed by atoms with Gasteiger partial charge in [0.25, 0.3) is 5.91 Å². The zero-order valence-electron chi connectivity index (χ0n) is 10.6. The van der Waals surface area contributed by atoms with E-state index in [2.05, 4.69) is 5.32 Å². The van der Waals surface area contributed by atoms with Gasteiger partial charge in [0.2, 0.25) is 10.0 Å². The van der Waals surface area contributed by atoms with Crippen LogP contribution in [0.25, 0.3) is 0 Å². The number of hydrogen-bond acceptors (Lipinski definition) is 4. The number of primary sulfonamides is 1. The lowest BCUT2D eigenvalue weighted by atomic mass is 10.2. The van der Waals surface area contributed by atoms with Crippen LogP contribution < -0.4 is 10.5 Å². The van der Waals surface area contributed by atoms with Crippen molar-refractivity contribution >= 4 is 26.7 Å². The molecule has 0 saturated carbocycles. The first-order chi connectivity index (χ1) is 8.71. The molecule has 106 valence electrons. The topological polar surface area (TPSA) is 106 Å². The standard InChI is InChI=1S/C11H16N2O4S2/c1-8(18(2)15)7-13-11(14)9-3-5-10(6-4-9)19(12,16)17/h3-6,8H,7H2,1-2H3,(H,13,14)(H2,12,16,17). The molecule has 0 saturated heterocycles. The maximum atomic E-state index is 11.7. The molecule has 0 heterocycles. The minimum Gasteiger partial charge on any atom is -0.351 e. The molecule has 2 atom stereocenters. The number of hydrogen-bond donors (Lipinski definition) is 2. The van der Waals surface area contributed by atoms with Crippen LogP contribution in [0.4, 0.5) is 0 Å². The SMILES string of the molecule is CC(CNC(=O)c1ccc(S(N)(=O)=O)cc1)S(C)=O. The van der Waals surface area contributed by atoms with E-state index in [4.69, 9.17) is 5.14 Å². The van der Waals surface area contributed by atoms with Gasteiger partial charge in [0.1, 0.15) is 0 Å². The second-order valence-corrected chi connectivity index (χ2v) is 7.45. The Morgan fingerprint density at radius 1 is 1.37 bits per heavy atom. The van der Waals surface area contributed by atoms with Crippen LogP contribution >= 0.6 is 0 Å². The molecule has 19 heavy (non-hydrogen) atoms. The third-order valence-corrected chi connectivity index (χ3v) is 4.79. The second-order valence-electron chi connectivity index (χ2n) is 4.09. The summed E-state index contributed by atoms with van der Waals surface area (Å²) in [5.74, 6) is -0.349. The van der Waals surface area contributed by atoms with Crippen molar-refractivity contribution in [2.45, 2.75) is 17.1 Å². The van der Waals surface area contributed by atoms with Crippen molar-refractivity contribution < 1.29 is 17.4 Å². The highest BCUT2D eigenvalue weighted by molar-refractivity contribution is 7.89. The Kier molecular flexibility index (Phi) is 5.21. The molecule has 1 aromatic carbocycles. The van der Waals surface area contributed by atoms with Gasteiger partial charge in [-0.15, -0.1) is 0 Å². The van der Waals surface area contributed by atoms with Crippen molar-refractivity contribution in [3.05, 3.63) is 29.8 Å². The van der Waals surface area contributed by atoms with E-state index in [1.54, 1.807) is 13.2 Å². The van der Waals surface area contributed by atoms with Crippen molar-refractivity contribution in [1.82, 2.24) is 5.32 Å². The van der Waals surface area contributed by atoms with Gasteiger partial charge in [0.05, 0.1) is 4.90 Å². The number of carbonyl (C=O) groups is 1. The molecular weight excluding hydrogens is 288 g/mol. The molecule has 8 heteroatoms. The first-order valence-electron chi connectivity index (χ1n) is 5.45. The van der Waals surface area contributed by atoms with Crippen molar-refractivity contribution in [2.24, 2.45) is 5.14 Å². The van der Waals surface area contributed by atoms with E-state index in [0.29, 0.717) is 12.1 Å². The molecule has 2 unspecified atom stereocenters. The summed E-state index contributed by atoms with van der Waals surface area (Å²) in [7, 11) is -4.76. The van der Waals surface area contributed by atoms with Gasteiger partial charge in [-0.2, -0.15) is 0 Å². The molecule has 6 nitrogen and oxygen atoms in total. The summed E-state index contributed by atoms with van der Waals surface area (Å²) in [6.45, 7) is 2.05. The Bertz CT molecular complexity index is 581. The highest BCUT2D eigenvalue weighted by Crippen LogP contribution is 2.08. The minimum absolute atomic E-state index is 0.0490. The number of benzene rings is 1. The Hall–Kier alpha value is -1.25. The van der Waals surface area contributed by atoms with E-state index in [1.165, 1.54) is 24.3 Å². The van der Waals surface area contributed by atoms with Gasteiger partial charge >= 0.3 is 0 Å². The lowest BCUT2D eigenvalue weighted by Gasteiger charge is -2.10. The first-order valence-corrected chi connectivity index (χ1v) is 8.62. The molecule has 0 aliphatic carbocycles. The average molecular weight is 304 g/mol. The molecule has 3 N–H and O–H groups in total. The first kappa shape index (κ1) is 15.8. The monoisotopic (exact) mass is 304 g/mol. The number of nitrogens with one attached hydrogen (secondary N) is 1. The number of nitrogens with two attached hydrogens (primary N) is 1. The summed E-state index contributed by atoms with van der Waals surface area (Å²) in [4.78, 5) is 11.7. The van der Waals surface area contributed by atoms with Gasteiger partial charge in [-0.05, 0) is 31.2 Å². The average Bonchev–Trinajstić information content (AvgIpc) is 2.34. The maximum Gasteiger partial charge on any atom is 0.251 e. The van der Waals surface area contributed by atoms with E-state index in [0.717, 1.165) is 0 Å². The van der Waals surface area contributed by atoms with Crippen LogP contribution in [0.3, 0.4) is 0 Å². The summed E-state index contributed by atoms with van der Waals surface area (Å²) in [5, 5.41) is 7.43. The summed E-state index contributed by atoms with van der Waals surface area (Å²) >= 11 is 0.